The monoisotopic (exact) mass is 279 g/mol. The van der Waals surface area contributed by atoms with E-state index in [0.717, 1.165) is 18.2 Å². The molecule has 104 valence electrons. The van der Waals surface area contributed by atoms with E-state index in [9.17, 15) is 13.6 Å². The first-order valence-corrected chi connectivity index (χ1v) is 5.67. The lowest BCUT2D eigenvalue weighted by Crippen LogP contribution is -2.07. The smallest absolute Gasteiger partial charge is 0.339 e. The predicted octanol–water partition coefficient (Wildman–Crippen LogP) is 2.82. The fraction of sp³-hybridized carbons (Fsp3) is 0.0714. The quantitative estimate of drug-likeness (QED) is 0.844. The topological polar surface area (TPSA) is 72.6 Å². The highest BCUT2D eigenvalue weighted by atomic mass is 19.1. The summed E-state index contributed by atoms with van der Waals surface area (Å²) in [6.07, 6.45) is 0. The minimum atomic E-state index is -1.22. The number of benzene rings is 2. The van der Waals surface area contributed by atoms with E-state index in [-0.39, 0.29) is 29.2 Å². The molecule has 0 spiro atoms. The number of ether oxygens (including phenoxy) is 1. The fourth-order valence-electron chi connectivity index (χ4n) is 1.69. The Bertz CT molecular complexity index is 659. The molecule has 0 aromatic heterocycles. The van der Waals surface area contributed by atoms with Crippen LogP contribution in [0.2, 0.25) is 0 Å². The Balaban J connectivity index is 2.27. The van der Waals surface area contributed by atoms with Gasteiger partial charge in [0.2, 0.25) is 0 Å². The second kappa shape index (κ2) is 5.56. The third-order valence-corrected chi connectivity index (χ3v) is 2.66. The predicted molar refractivity (Wildman–Crippen MR) is 68.5 cm³/mol. The van der Waals surface area contributed by atoms with E-state index in [1.165, 1.54) is 18.2 Å². The molecule has 2 aromatic carbocycles. The Morgan fingerprint density at radius 2 is 2.00 bits per heavy atom. The minimum Gasteiger partial charge on any atom is -0.486 e. The zero-order chi connectivity index (χ0) is 14.7. The summed E-state index contributed by atoms with van der Waals surface area (Å²) in [6.45, 7) is -0.321. The van der Waals surface area contributed by atoms with Gasteiger partial charge in [-0.25, -0.2) is 13.6 Å². The molecule has 6 heteroatoms. The van der Waals surface area contributed by atoms with E-state index in [1.807, 2.05) is 0 Å². The highest BCUT2D eigenvalue weighted by Gasteiger charge is 2.15. The van der Waals surface area contributed by atoms with E-state index < -0.39 is 17.6 Å². The molecule has 20 heavy (non-hydrogen) atoms. The zero-order valence-electron chi connectivity index (χ0n) is 10.3. The maximum Gasteiger partial charge on any atom is 0.339 e. The molecule has 4 nitrogen and oxygen atoms in total. The number of carboxylic acid groups (broad SMARTS) is 1. The molecule has 0 saturated heterocycles. The van der Waals surface area contributed by atoms with Crippen molar-refractivity contribution in [1.82, 2.24) is 0 Å². The molecular weight excluding hydrogens is 268 g/mol. The molecule has 0 amide bonds. The van der Waals surface area contributed by atoms with E-state index >= 15 is 0 Å². The molecule has 0 atom stereocenters. The number of anilines is 1. The maximum atomic E-state index is 13.4. The average molecular weight is 279 g/mol. The van der Waals surface area contributed by atoms with Crippen LogP contribution in [0.15, 0.2) is 36.4 Å². The Hall–Kier alpha value is -2.63. The van der Waals surface area contributed by atoms with Crippen LogP contribution in [0.5, 0.6) is 5.75 Å². The van der Waals surface area contributed by atoms with Gasteiger partial charge in [-0.3, -0.25) is 0 Å². The molecule has 0 heterocycles. The summed E-state index contributed by atoms with van der Waals surface area (Å²) < 4.78 is 31.7. The Morgan fingerprint density at radius 3 is 2.70 bits per heavy atom. The van der Waals surface area contributed by atoms with Gasteiger partial charge in [0, 0.05) is 5.56 Å². The van der Waals surface area contributed by atoms with E-state index in [2.05, 4.69) is 0 Å². The lowest BCUT2D eigenvalue weighted by atomic mass is 10.1. The number of hydrogen-bond donors (Lipinski definition) is 2. The maximum absolute atomic E-state index is 13.4. The first-order valence-electron chi connectivity index (χ1n) is 5.67. The van der Waals surface area contributed by atoms with Crippen LogP contribution < -0.4 is 10.5 Å². The van der Waals surface area contributed by atoms with E-state index in [1.54, 1.807) is 0 Å². The Kier molecular flexibility index (Phi) is 3.84. The molecule has 0 fully saturated rings. The minimum absolute atomic E-state index is 0.0235. The van der Waals surface area contributed by atoms with Crippen LogP contribution in [0.3, 0.4) is 0 Å². The van der Waals surface area contributed by atoms with Crippen LogP contribution in [0, 0.1) is 11.6 Å². The number of rotatable bonds is 4. The number of carbonyl (C=O) groups is 1. The van der Waals surface area contributed by atoms with Crippen LogP contribution in [-0.4, -0.2) is 11.1 Å². The summed E-state index contributed by atoms with van der Waals surface area (Å²) in [4.78, 5) is 11.0. The summed E-state index contributed by atoms with van der Waals surface area (Å²) in [5.41, 5.74) is 5.59. The van der Waals surface area contributed by atoms with Crippen molar-refractivity contribution >= 4 is 11.7 Å². The summed E-state index contributed by atoms with van der Waals surface area (Å²) >= 11 is 0. The fourth-order valence-corrected chi connectivity index (χ4v) is 1.69. The number of nitrogens with two attached hydrogens (primary N) is 1. The normalized spacial score (nSPS) is 10.3. The first-order chi connectivity index (χ1) is 9.49. The number of aromatic carboxylic acids is 1. The number of nitrogen functional groups attached to an aromatic ring is 1. The molecule has 0 bridgehead atoms. The largest absolute Gasteiger partial charge is 0.486 e. The van der Waals surface area contributed by atoms with Crippen LogP contribution in [0.25, 0.3) is 0 Å². The lowest BCUT2D eigenvalue weighted by Gasteiger charge is -2.12. The molecule has 0 unspecified atom stereocenters. The summed E-state index contributed by atoms with van der Waals surface area (Å²) in [5, 5.41) is 9.02. The molecule has 0 aliphatic rings. The number of para-hydroxylation sites is 1. The second-order valence-electron chi connectivity index (χ2n) is 4.05. The van der Waals surface area contributed by atoms with Crippen LogP contribution >= 0.6 is 0 Å². The third-order valence-electron chi connectivity index (χ3n) is 2.66. The van der Waals surface area contributed by atoms with Gasteiger partial charge in [-0.15, -0.1) is 0 Å². The van der Waals surface area contributed by atoms with Crippen LogP contribution in [-0.2, 0) is 6.61 Å². The first kappa shape index (κ1) is 13.8. The van der Waals surface area contributed by atoms with Gasteiger partial charge in [0.15, 0.2) is 5.75 Å². The summed E-state index contributed by atoms with van der Waals surface area (Å²) in [7, 11) is 0. The van der Waals surface area contributed by atoms with Gasteiger partial charge in [0.25, 0.3) is 0 Å². The molecule has 0 aliphatic carbocycles. The third kappa shape index (κ3) is 2.85. The SMILES string of the molecule is Nc1cccc(C(=O)O)c1OCc1cc(F)ccc1F. The van der Waals surface area contributed by atoms with Crippen molar-refractivity contribution in [2.45, 2.75) is 6.61 Å². The number of hydrogen-bond acceptors (Lipinski definition) is 3. The standard InChI is InChI=1S/C14H11F2NO3/c15-9-4-5-11(16)8(6-9)7-20-13-10(14(18)19)2-1-3-12(13)17/h1-6H,7,17H2,(H,18,19). The van der Waals surface area contributed by atoms with Gasteiger partial charge in [-0.2, -0.15) is 0 Å². The number of halogens is 2. The average Bonchev–Trinajstić information content (AvgIpc) is 2.40. The van der Waals surface area contributed by atoms with Crippen molar-refractivity contribution in [2.75, 3.05) is 5.73 Å². The van der Waals surface area contributed by atoms with Gasteiger partial charge in [0.05, 0.1) is 5.69 Å². The molecule has 2 rings (SSSR count). The van der Waals surface area contributed by atoms with Crippen molar-refractivity contribution in [3.8, 4) is 5.75 Å². The van der Waals surface area contributed by atoms with E-state index in [4.69, 9.17) is 15.6 Å². The van der Waals surface area contributed by atoms with E-state index in [0.29, 0.717) is 0 Å². The summed E-state index contributed by atoms with van der Waals surface area (Å²) in [5.74, 6) is -2.53. The van der Waals surface area contributed by atoms with Crippen molar-refractivity contribution in [1.29, 1.82) is 0 Å². The summed E-state index contributed by atoms with van der Waals surface area (Å²) in [6, 6.07) is 7.18. The van der Waals surface area contributed by atoms with Crippen LogP contribution in [0.4, 0.5) is 14.5 Å². The van der Waals surface area contributed by atoms with Gasteiger partial charge >= 0.3 is 5.97 Å². The molecule has 2 aromatic rings. The van der Waals surface area contributed by atoms with Gasteiger partial charge in [-0.05, 0) is 30.3 Å². The second-order valence-corrected chi connectivity index (χ2v) is 4.05. The molecule has 0 aliphatic heterocycles. The molecule has 0 saturated carbocycles. The zero-order valence-corrected chi connectivity index (χ0v) is 10.3. The van der Waals surface area contributed by atoms with Crippen molar-refractivity contribution in [3.63, 3.8) is 0 Å². The Labute approximate surface area is 113 Å². The highest BCUT2D eigenvalue weighted by Crippen LogP contribution is 2.27. The van der Waals surface area contributed by atoms with Crippen LogP contribution in [0.1, 0.15) is 15.9 Å². The van der Waals surface area contributed by atoms with Gasteiger partial charge in [0.1, 0.15) is 23.8 Å². The van der Waals surface area contributed by atoms with Crippen molar-refractivity contribution < 1.29 is 23.4 Å². The highest BCUT2D eigenvalue weighted by molar-refractivity contribution is 5.93. The molecule has 0 radical (unpaired) electrons. The lowest BCUT2D eigenvalue weighted by molar-refractivity contribution is 0.0692. The van der Waals surface area contributed by atoms with Crippen molar-refractivity contribution in [2.24, 2.45) is 0 Å². The molecule has 3 N–H and O–H groups in total. The Morgan fingerprint density at radius 1 is 1.25 bits per heavy atom. The van der Waals surface area contributed by atoms with Gasteiger partial charge < -0.3 is 15.6 Å². The van der Waals surface area contributed by atoms with Gasteiger partial charge in [-0.1, -0.05) is 6.07 Å². The van der Waals surface area contributed by atoms with Crippen molar-refractivity contribution in [3.05, 3.63) is 59.2 Å². The molecular formula is C14H11F2NO3. The number of carboxylic acids is 1.